The smallest absolute Gasteiger partial charge is 0.129 e. The number of rotatable bonds is 3. The molecule has 0 saturated carbocycles. The van der Waals surface area contributed by atoms with Crippen molar-refractivity contribution in [2.24, 2.45) is 0 Å². The van der Waals surface area contributed by atoms with Crippen LogP contribution < -0.4 is 5.73 Å². The average Bonchev–Trinajstić information content (AvgIpc) is 2.56. The Balaban J connectivity index is 2.49. The monoisotopic (exact) mass is 217 g/mol. The molecule has 0 atom stereocenters. The molecule has 0 saturated heterocycles. The molecule has 0 aliphatic heterocycles. The quantitative estimate of drug-likeness (QED) is 0.817. The highest BCUT2D eigenvalue weighted by molar-refractivity contribution is 5.76. The van der Waals surface area contributed by atoms with Crippen molar-refractivity contribution >= 4 is 5.82 Å². The van der Waals surface area contributed by atoms with Gasteiger partial charge in [-0.2, -0.15) is 5.10 Å². The molecule has 84 valence electrons. The summed E-state index contributed by atoms with van der Waals surface area (Å²) in [7, 11) is 0. The van der Waals surface area contributed by atoms with Crippen LogP contribution in [0.5, 0.6) is 0 Å². The summed E-state index contributed by atoms with van der Waals surface area (Å²) in [6, 6.07) is 9.91. The molecule has 0 aliphatic rings. The predicted octanol–water partition coefficient (Wildman–Crippen LogP) is 1.43. The van der Waals surface area contributed by atoms with Crippen LogP contribution in [0.25, 0.3) is 11.1 Å². The molecule has 1 aromatic carbocycles. The number of benzene rings is 1. The van der Waals surface area contributed by atoms with E-state index >= 15 is 0 Å². The van der Waals surface area contributed by atoms with E-state index in [0.717, 1.165) is 16.8 Å². The Kier molecular flexibility index (Phi) is 2.92. The number of nitrogens with zero attached hydrogens (tertiary/aromatic N) is 2. The van der Waals surface area contributed by atoms with Crippen LogP contribution in [0.4, 0.5) is 5.82 Å². The summed E-state index contributed by atoms with van der Waals surface area (Å²) < 4.78 is 1.64. The Morgan fingerprint density at radius 2 is 2.00 bits per heavy atom. The Hall–Kier alpha value is -1.81. The van der Waals surface area contributed by atoms with Crippen LogP contribution in [0.3, 0.4) is 0 Å². The zero-order chi connectivity index (χ0) is 11.5. The van der Waals surface area contributed by atoms with E-state index < -0.39 is 0 Å². The summed E-state index contributed by atoms with van der Waals surface area (Å²) in [4.78, 5) is 0. The minimum Gasteiger partial charge on any atom is -0.394 e. The second-order valence-corrected chi connectivity index (χ2v) is 3.66. The highest BCUT2D eigenvalue weighted by atomic mass is 16.3. The molecule has 16 heavy (non-hydrogen) atoms. The number of nitrogens with two attached hydrogens (primary N) is 1. The van der Waals surface area contributed by atoms with Gasteiger partial charge in [-0.15, -0.1) is 0 Å². The van der Waals surface area contributed by atoms with Gasteiger partial charge in [0.25, 0.3) is 0 Å². The van der Waals surface area contributed by atoms with Crippen molar-refractivity contribution in [1.29, 1.82) is 0 Å². The zero-order valence-corrected chi connectivity index (χ0v) is 9.22. The van der Waals surface area contributed by atoms with Crippen LogP contribution in [-0.2, 0) is 6.54 Å². The maximum Gasteiger partial charge on any atom is 0.129 e. The van der Waals surface area contributed by atoms with Gasteiger partial charge in [0.05, 0.1) is 18.8 Å². The summed E-state index contributed by atoms with van der Waals surface area (Å²) in [5.41, 5.74) is 8.91. The molecule has 0 bridgehead atoms. The number of aliphatic hydroxyl groups excluding tert-OH is 1. The number of anilines is 1. The third-order valence-electron chi connectivity index (χ3n) is 2.54. The van der Waals surface area contributed by atoms with Crippen LogP contribution in [0.15, 0.2) is 30.3 Å². The highest BCUT2D eigenvalue weighted by Gasteiger charge is 2.13. The van der Waals surface area contributed by atoms with E-state index in [2.05, 4.69) is 5.10 Å². The summed E-state index contributed by atoms with van der Waals surface area (Å²) in [5, 5.41) is 13.2. The molecule has 1 aromatic heterocycles. The van der Waals surface area contributed by atoms with Gasteiger partial charge >= 0.3 is 0 Å². The molecular weight excluding hydrogens is 202 g/mol. The number of aryl methyl sites for hydroxylation is 1. The van der Waals surface area contributed by atoms with E-state index in [-0.39, 0.29) is 6.61 Å². The van der Waals surface area contributed by atoms with Gasteiger partial charge in [-0.3, -0.25) is 0 Å². The van der Waals surface area contributed by atoms with E-state index in [1.165, 1.54) is 0 Å². The summed E-state index contributed by atoms with van der Waals surface area (Å²) >= 11 is 0. The maximum absolute atomic E-state index is 8.90. The largest absolute Gasteiger partial charge is 0.394 e. The van der Waals surface area contributed by atoms with E-state index in [4.69, 9.17) is 10.8 Å². The van der Waals surface area contributed by atoms with Gasteiger partial charge < -0.3 is 10.8 Å². The molecule has 0 aliphatic carbocycles. The third-order valence-corrected chi connectivity index (χ3v) is 2.54. The number of nitrogen functional groups attached to an aromatic ring is 1. The first-order valence-electron chi connectivity index (χ1n) is 5.23. The van der Waals surface area contributed by atoms with Gasteiger partial charge in [-0.05, 0) is 12.5 Å². The van der Waals surface area contributed by atoms with Crippen molar-refractivity contribution in [2.45, 2.75) is 13.5 Å². The predicted molar refractivity (Wildman–Crippen MR) is 63.9 cm³/mol. The Morgan fingerprint density at radius 1 is 1.31 bits per heavy atom. The van der Waals surface area contributed by atoms with Crippen molar-refractivity contribution in [2.75, 3.05) is 12.3 Å². The van der Waals surface area contributed by atoms with Crippen LogP contribution >= 0.6 is 0 Å². The van der Waals surface area contributed by atoms with Crippen molar-refractivity contribution in [1.82, 2.24) is 9.78 Å². The Labute approximate surface area is 94.3 Å². The maximum atomic E-state index is 8.90. The number of aliphatic hydroxyl groups is 1. The topological polar surface area (TPSA) is 64.1 Å². The van der Waals surface area contributed by atoms with E-state index in [1.807, 2.05) is 37.3 Å². The lowest BCUT2D eigenvalue weighted by Gasteiger charge is -2.03. The number of aromatic nitrogens is 2. The summed E-state index contributed by atoms with van der Waals surface area (Å²) in [5.74, 6) is 0.609. The van der Waals surface area contributed by atoms with Crippen molar-refractivity contribution in [3.63, 3.8) is 0 Å². The lowest BCUT2D eigenvalue weighted by Crippen LogP contribution is -2.07. The third kappa shape index (κ3) is 1.79. The Morgan fingerprint density at radius 3 is 2.62 bits per heavy atom. The molecular formula is C12H15N3O. The lowest BCUT2D eigenvalue weighted by atomic mass is 10.1. The van der Waals surface area contributed by atoms with Gasteiger partial charge in [0.15, 0.2) is 0 Å². The van der Waals surface area contributed by atoms with Crippen molar-refractivity contribution in [3.8, 4) is 11.1 Å². The lowest BCUT2D eigenvalue weighted by molar-refractivity contribution is 0.270. The number of hydrogen-bond acceptors (Lipinski definition) is 3. The summed E-state index contributed by atoms with van der Waals surface area (Å²) in [6.45, 7) is 2.39. The first-order chi connectivity index (χ1) is 7.74. The van der Waals surface area contributed by atoms with Gasteiger partial charge in [-0.25, -0.2) is 4.68 Å². The van der Waals surface area contributed by atoms with Crippen LogP contribution in [0.2, 0.25) is 0 Å². The minimum absolute atomic E-state index is 0.0412. The highest BCUT2D eigenvalue weighted by Crippen LogP contribution is 2.28. The SMILES string of the molecule is Cc1nn(CCO)c(N)c1-c1ccccc1. The summed E-state index contributed by atoms with van der Waals surface area (Å²) in [6.07, 6.45) is 0. The molecule has 1 heterocycles. The molecule has 4 heteroatoms. The first-order valence-corrected chi connectivity index (χ1v) is 5.23. The normalized spacial score (nSPS) is 10.6. The van der Waals surface area contributed by atoms with Gasteiger partial charge in [0, 0.05) is 5.56 Å². The van der Waals surface area contributed by atoms with Crippen LogP contribution in [-0.4, -0.2) is 21.5 Å². The second kappa shape index (κ2) is 4.37. The molecule has 0 amide bonds. The molecule has 0 fully saturated rings. The van der Waals surface area contributed by atoms with E-state index in [1.54, 1.807) is 4.68 Å². The molecule has 4 nitrogen and oxygen atoms in total. The first kappa shape index (κ1) is 10.7. The molecule has 0 spiro atoms. The fraction of sp³-hybridized carbons (Fsp3) is 0.250. The molecule has 2 aromatic rings. The van der Waals surface area contributed by atoms with Crippen molar-refractivity contribution < 1.29 is 5.11 Å². The second-order valence-electron chi connectivity index (χ2n) is 3.66. The van der Waals surface area contributed by atoms with Crippen LogP contribution in [0.1, 0.15) is 5.69 Å². The average molecular weight is 217 g/mol. The van der Waals surface area contributed by atoms with Gasteiger partial charge in [0.1, 0.15) is 5.82 Å². The Bertz CT molecular complexity index is 477. The molecule has 0 unspecified atom stereocenters. The van der Waals surface area contributed by atoms with E-state index in [9.17, 15) is 0 Å². The standard InChI is InChI=1S/C12H15N3O/c1-9-11(10-5-3-2-4-6-10)12(13)15(14-9)7-8-16/h2-6,16H,7-8,13H2,1H3. The minimum atomic E-state index is 0.0412. The fourth-order valence-electron chi connectivity index (χ4n) is 1.83. The zero-order valence-electron chi connectivity index (χ0n) is 9.22. The number of hydrogen-bond donors (Lipinski definition) is 2. The van der Waals surface area contributed by atoms with Crippen molar-refractivity contribution in [3.05, 3.63) is 36.0 Å². The van der Waals surface area contributed by atoms with E-state index in [0.29, 0.717) is 12.4 Å². The fourth-order valence-corrected chi connectivity index (χ4v) is 1.83. The molecule has 3 N–H and O–H groups in total. The molecule has 0 radical (unpaired) electrons. The van der Waals surface area contributed by atoms with Gasteiger partial charge in [-0.1, -0.05) is 30.3 Å². The molecule has 2 rings (SSSR count). The van der Waals surface area contributed by atoms with Crippen LogP contribution in [0, 0.1) is 6.92 Å². The van der Waals surface area contributed by atoms with Gasteiger partial charge in [0.2, 0.25) is 0 Å².